The molecule has 16 heavy (non-hydrogen) atoms. The molecule has 0 unspecified atom stereocenters. The maximum Gasteiger partial charge on any atom is 0.119 e. The third-order valence-corrected chi connectivity index (χ3v) is 2.92. The molecule has 1 aromatic carbocycles. The van der Waals surface area contributed by atoms with Gasteiger partial charge in [0.25, 0.3) is 0 Å². The Labute approximate surface area is 95.9 Å². The van der Waals surface area contributed by atoms with Crippen LogP contribution in [0, 0.1) is 0 Å². The quantitative estimate of drug-likeness (QED) is 0.790. The van der Waals surface area contributed by atoms with Gasteiger partial charge in [0, 0.05) is 6.04 Å². The minimum Gasteiger partial charge on any atom is -0.497 e. The monoisotopic (exact) mass is 219 g/mol. The second-order valence-electron chi connectivity index (χ2n) is 3.95. The normalized spacial score (nSPS) is 22.9. The number of hydrogen-bond donors (Lipinski definition) is 1. The highest BCUT2D eigenvalue weighted by atomic mass is 16.5. The average molecular weight is 219 g/mol. The number of fused-ring (bicyclic) bond motifs is 1. The number of nitrogens with two attached hydrogens (primary N) is 1. The fourth-order valence-electron chi connectivity index (χ4n) is 2.12. The summed E-state index contributed by atoms with van der Waals surface area (Å²) < 4.78 is 10.9. The Hall–Kier alpha value is -1.32. The Morgan fingerprint density at radius 1 is 1.50 bits per heavy atom. The lowest BCUT2D eigenvalue weighted by Crippen LogP contribution is -2.06. The summed E-state index contributed by atoms with van der Waals surface area (Å²) in [6, 6.07) is 6.02. The average Bonchev–Trinajstić information content (AvgIpc) is 2.63. The standard InChI is InChI=1S/C13H17NO2/c1-3-6-16-13-8-12(14)11-7-9(15-2)4-5-10(11)13/h3-5,7,12-13H,1,6,8,14H2,2H3/t12-,13-/m0/s1. The van der Waals surface area contributed by atoms with E-state index in [1.165, 1.54) is 5.56 Å². The van der Waals surface area contributed by atoms with E-state index in [0.717, 1.165) is 17.7 Å². The number of methoxy groups -OCH3 is 1. The molecule has 0 fully saturated rings. The number of benzene rings is 1. The summed E-state index contributed by atoms with van der Waals surface area (Å²) in [5, 5.41) is 0. The van der Waals surface area contributed by atoms with E-state index in [0.29, 0.717) is 6.61 Å². The molecule has 86 valence electrons. The lowest BCUT2D eigenvalue weighted by atomic mass is 10.1. The first-order valence-electron chi connectivity index (χ1n) is 5.42. The first-order chi connectivity index (χ1) is 7.76. The van der Waals surface area contributed by atoms with Gasteiger partial charge in [-0.15, -0.1) is 6.58 Å². The molecular weight excluding hydrogens is 202 g/mol. The van der Waals surface area contributed by atoms with E-state index in [-0.39, 0.29) is 12.1 Å². The van der Waals surface area contributed by atoms with Crippen molar-refractivity contribution in [2.45, 2.75) is 18.6 Å². The SMILES string of the molecule is C=CCO[C@H]1C[C@H](N)c2cc(OC)ccc21. The van der Waals surface area contributed by atoms with Gasteiger partial charge in [-0.3, -0.25) is 0 Å². The van der Waals surface area contributed by atoms with E-state index in [9.17, 15) is 0 Å². The Morgan fingerprint density at radius 3 is 3.00 bits per heavy atom. The van der Waals surface area contributed by atoms with Crippen LogP contribution in [0.4, 0.5) is 0 Å². The molecule has 2 rings (SSSR count). The second-order valence-corrected chi connectivity index (χ2v) is 3.95. The van der Waals surface area contributed by atoms with Gasteiger partial charge in [-0.1, -0.05) is 12.1 Å². The molecule has 3 nitrogen and oxygen atoms in total. The van der Waals surface area contributed by atoms with Crippen LogP contribution in [0.15, 0.2) is 30.9 Å². The van der Waals surface area contributed by atoms with Crippen LogP contribution in [0.2, 0.25) is 0 Å². The van der Waals surface area contributed by atoms with Crippen LogP contribution >= 0.6 is 0 Å². The summed E-state index contributed by atoms with van der Waals surface area (Å²) >= 11 is 0. The molecule has 3 heteroatoms. The molecule has 1 aliphatic rings. The summed E-state index contributed by atoms with van der Waals surface area (Å²) in [5.41, 5.74) is 8.38. The molecular formula is C13H17NO2. The van der Waals surface area contributed by atoms with Gasteiger partial charge < -0.3 is 15.2 Å². The lowest BCUT2D eigenvalue weighted by Gasteiger charge is -2.11. The lowest BCUT2D eigenvalue weighted by molar-refractivity contribution is 0.0722. The molecule has 0 aliphatic heterocycles. The van der Waals surface area contributed by atoms with Crippen molar-refractivity contribution in [3.63, 3.8) is 0 Å². The highest BCUT2D eigenvalue weighted by Crippen LogP contribution is 2.41. The topological polar surface area (TPSA) is 44.5 Å². The molecule has 1 aromatic rings. The second kappa shape index (κ2) is 4.68. The van der Waals surface area contributed by atoms with Crippen molar-refractivity contribution in [1.82, 2.24) is 0 Å². The smallest absolute Gasteiger partial charge is 0.119 e. The summed E-state index contributed by atoms with van der Waals surface area (Å²) in [5.74, 6) is 0.846. The van der Waals surface area contributed by atoms with E-state index in [1.54, 1.807) is 13.2 Å². The molecule has 1 aliphatic carbocycles. The van der Waals surface area contributed by atoms with E-state index < -0.39 is 0 Å². The van der Waals surface area contributed by atoms with Crippen molar-refractivity contribution in [3.05, 3.63) is 42.0 Å². The van der Waals surface area contributed by atoms with Gasteiger partial charge in [-0.25, -0.2) is 0 Å². The van der Waals surface area contributed by atoms with Crippen LogP contribution in [-0.4, -0.2) is 13.7 Å². The van der Waals surface area contributed by atoms with Crippen molar-refractivity contribution in [1.29, 1.82) is 0 Å². The van der Waals surface area contributed by atoms with Gasteiger partial charge in [-0.05, 0) is 29.7 Å². The molecule has 0 heterocycles. The molecule has 0 aromatic heterocycles. The summed E-state index contributed by atoms with van der Waals surface area (Å²) in [6.07, 6.45) is 2.68. The Kier molecular flexibility index (Phi) is 3.27. The predicted octanol–water partition coefficient (Wildman–Crippen LogP) is 2.34. The van der Waals surface area contributed by atoms with Gasteiger partial charge in [0.05, 0.1) is 19.8 Å². The third kappa shape index (κ3) is 1.96. The molecule has 0 amide bonds. The molecule has 0 saturated heterocycles. The zero-order chi connectivity index (χ0) is 11.5. The number of hydrogen-bond acceptors (Lipinski definition) is 3. The van der Waals surface area contributed by atoms with Crippen molar-refractivity contribution in [3.8, 4) is 5.75 Å². The summed E-state index contributed by atoms with van der Waals surface area (Å²) in [7, 11) is 1.66. The van der Waals surface area contributed by atoms with Crippen molar-refractivity contribution < 1.29 is 9.47 Å². The molecule has 0 saturated carbocycles. The first kappa shape index (κ1) is 11.2. The minimum atomic E-state index is 0.0416. The molecule has 2 atom stereocenters. The van der Waals surface area contributed by atoms with E-state index >= 15 is 0 Å². The van der Waals surface area contributed by atoms with Gasteiger partial charge in [0.2, 0.25) is 0 Å². The first-order valence-corrected chi connectivity index (χ1v) is 5.42. The molecule has 0 radical (unpaired) electrons. The fraction of sp³-hybridized carbons (Fsp3) is 0.385. The minimum absolute atomic E-state index is 0.0416. The summed E-state index contributed by atoms with van der Waals surface area (Å²) in [4.78, 5) is 0. The maximum absolute atomic E-state index is 6.07. The zero-order valence-electron chi connectivity index (χ0n) is 9.48. The van der Waals surface area contributed by atoms with Crippen LogP contribution in [0.3, 0.4) is 0 Å². The van der Waals surface area contributed by atoms with Crippen LogP contribution in [0.5, 0.6) is 5.75 Å². The number of ether oxygens (including phenoxy) is 2. The van der Waals surface area contributed by atoms with Gasteiger partial charge in [0.1, 0.15) is 5.75 Å². The van der Waals surface area contributed by atoms with Crippen molar-refractivity contribution >= 4 is 0 Å². The Bertz CT molecular complexity index is 390. The molecule has 0 spiro atoms. The van der Waals surface area contributed by atoms with Crippen molar-refractivity contribution in [2.24, 2.45) is 5.73 Å². The Morgan fingerprint density at radius 2 is 2.31 bits per heavy atom. The van der Waals surface area contributed by atoms with E-state index in [4.69, 9.17) is 15.2 Å². The third-order valence-electron chi connectivity index (χ3n) is 2.92. The Balaban J connectivity index is 2.25. The summed E-state index contributed by atoms with van der Waals surface area (Å²) in [6.45, 7) is 4.21. The predicted molar refractivity (Wildman–Crippen MR) is 63.4 cm³/mol. The molecule has 2 N–H and O–H groups in total. The van der Waals surface area contributed by atoms with Crippen molar-refractivity contribution in [2.75, 3.05) is 13.7 Å². The number of rotatable bonds is 4. The zero-order valence-corrected chi connectivity index (χ0v) is 9.48. The van der Waals surface area contributed by atoms with Crippen LogP contribution in [0.1, 0.15) is 29.7 Å². The van der Waals surface area contributed by atoms with E-state index in [2.05, 4.69) is 6.58 Å². The van der Waals surface area contributed by atoms with Crippen LogP contribution < -0.4 is 10.5 Å². The molecule has 0 bridgehead atoms. The highest BCUT2D eigenvalue weighted by molar-refractivity contribution is 5.42. The van der Waals surface area contributed by atoms with Gasteiger partial charge in [0.15, 0.2) is 0 Å². The van der Waals surface area contributed by atoms with E-state index in [1.807, 2.05) is 18.2 Å². The van der Waals surface area contributed by atoms with Gasteiger partial charge >= 0.3 is 0 Å². The fourth-order valence-corrected chi connectivity index (χ4v) is 2.12. The van der Waals surface area contributed by atoms with Crippen LogP contribution in [-0.2, 0) is 4.74 Å². The van der Waals surface area contributed by atoms with Gasteiger partial charge in [-0.2, -0.15) is 0 Å². The highest BCUT2D eigenvalue weighted by Gasteiger charge is 2.29. The van der Waals surface area contributed by atoms with Crippen LogP contribution in [0.25, 0.3) is 0 Å². The maximum atomic E-state index is 6.07. The largest absolute Gasteiger partial charge is 0.497 e.